The van der Waals surface area contributed by atoms with Crippen molar-refractivity contribution in [3.63, 3.8) is 0 Å². The first-order chi connectivity index (χ1) is 8.36. The Labute approximate surface area is 104 Å². The van der Waals surface area contributed by atoms with Crippen LogP contribution in [-0.2, 0) is 7.05 Å². The second kappa shape index (κ2) is 3.98. The van der Waals surface area contributed by atoms with Gasteiger partial charge in [-0.3, -0.25) is 4.79 Å². The fourth-order valence-electron chi connectivity index (χ4n) is 2.35. The summed E-state index contributed by atoms with van der Waals surface area (Å²) in [5, 5.41) is 9.96. The van der Waals surface area contributed by atoms with E-state index in [-0.39, 0.29) is 5.56 Å². The van der Waals surface area contributed by atoms with Gasteiger partial charge >= 0.3 is 5.97 Å². The fourth-order valence-corrected chi connectivity index (χ4v) is 2.35. The molecule has 2 aromatic rings. The van der Waals surface area contributed by atoms with Crippen LogP contribution in [0.25, 0.3) is 10.9 Å². The number of hydrogen-bond acceptors (Lipinski definition) is 2. The van der Waals surface area contributed by atoms with Gasteiger partial charge in [-0.1, -0.05) is 12.1 Å². The van der Waals surface area contributed by atoms with E-state index in [1.165, 1.54) is 4.57 Å². The Morgan fingerprint density at radius 2 is 1.78 bits per heavy atom. The van der Waals surface area contributed by atoms with Gasteiger partial charge in [0.25, 0.3) is 5.56 Å². The number of hydrogen-bond donors (Lipinski definition) is 1. The summed E-state index contributed by atoms with van der Waals surface area (Å²) in [4.78, 5) is 23.3. The topological polar surface area (TPSA) is 59.3 Å². The first kappa shape index (κ1) is 12.4. The van der Waals surface area contributed by atoms with Crippen molar-refractivity contribution in [2.45, 2.75) is 20.8 Å². The highest BCUT2D eigenvalue weighted by molar-refractivity contribution is 5.97. The Kier molecular flexibility index (Phi) is 2.73. The standard InChI is InChI=1S/C14H15NO3/c1-7-5-6-10-9(3)11(14(17)18)13(16)15(4)12(10)8(7)2/h5-6H,1-4H3,(H,17,18). The van der Waals surface area contributed by atoms with Crippen LogP contribution in [0.5, 0.6) is 0 Å². The number of carbonyl (C=O) groups is 1. The molecule has 0 radical (unpaired) electrons. The molecule has 1 aromatic heterocycles. The maximum atomic E-state index is 12.1. The SMILES string of the molecule is Cc1ccc2c(C)c(C(=O)O)c(=O)n(C)c2c1C. The van der Waals surface area contributed by atoms with Gasteiger partial charge in [-0.25, -0.2) is 4.79 Å². The second-order valence-corrected chi connectivity index (χ2v) is 4.57. The van der Waals surface area contributed by atoms with Crippen molar-refractivity contribution in [2.75, 3.05) is 0 Å². The first-order valence-electron chi connectivity index (χ1n) is 5.69. The summed E-state index contributed by atoms with van der Waals surface area (Å²) < 4.78 is 1.42. The molecule has 0 aliphatic rings. The molecule has 4 nitrogen and oxygen atoms in total. The zero-order valence-corrected chi connectivity index (χ0v) is 10.9. The number of aryl methyl sites for hydroxylation is 4. The number of aromatic nitrogens is 1. The van der Waals surface area contributed by atoms with Gasteiger partial charge in [0.1, 0.15) is 5.56 Å². The molecule has 0 fully saturated rings. The molecule has 0 aliphatic carbocycles. The van der Waals surface area contributed by atoms with Gasteiger partial charge in [0.05, 0.1) is 5.52 Å². The summed E-state index contributed by atoms with van der Waals surface area (Å²) >= 11 is 0. The number of benzene rings is 1. The summed E-state index contributed by atoms with van der Waals surface area (Å²) in [5.41, 5.74) is 2.83. The molecule has 0 amide bonds. The van der Waals surface area contributed by atoms with Gasteiger partial charge in [0.15, 0.2) is 0 Å². The van der Waals surface area contributed by atoms with Crippen molar-refractivity contribution >= 4 is 16.9 Å². The van der Waals surface area contributed by atoms with E-state index in [0.29, 0.717) is 5.56 Å². The third kappa shape index (κ3) is 1.53. The number of rotatable bonds is 1. The highest BCUT2D eigenvalue weighted by Gasteiger charge is 2.18. The van der Waals surface area contributed by atoms with Gasteiger partial charge in [0, 0.05) is 12.4 Å². The Morgan fingerprint density at radius 1 is 1.17 bits per heavy atom. The number of fused-ring (bicyclic) bond motifs is 1. The molecule has 0 spiro atoms. The molecule has 94 valence electrons. The van der Waals surface area contributed by atoms with Crippen molar-refractivity contribution in [2.24, 2.45) is 7.05 Å². The molecule has 4 heteroatoms. The van der Waals surface area contributed by atoms with E-state index in [0.717, 1.165) is 22.0 Å². The van der Waals surface area contributed by atoms with Gasteiger partial charge < -0.3 is 9.67 Å². The first-order valence-corrected chi connectivity index (χ1v) is 5.69. The molecule has 1 N–H and O–H groups in total. The summed E-state index contributed by atoms with van der Waals surface area (Å²) in [6, 6.07) is 3.82. The van der Waals surface area contributed by atoms with E-state index in [4.69, 9.17) is 5.11 Å². The van der Waals surface area contributed by atoms with Crippen molar-refractivity contribution in [1.82, 2.24) is 4.57 Å². The van der Waals surface area contributed by atoms with Crippen LogP contribution in [0.2, 0.25) is 0 Å². The van der Waals surface area contributed by atoms with E-state index in [1.807, 2.05) is 26.0 Å². The minimum absolute atomic E-state index is 0.145. The number of aromatic carboxylic acids is 1. The molecule has 0 saturated heterocycles. The number of carboxylic acids is 1. The Hall–Kier alpha value is -2.10. The molecule has 0 aliphatic heterocycles. The molecule has 1 aromatic carbocycles. The Bertz CT molecular complexity index is 726. The summed E-state index contributed by atoms with van der Waals surface area (Å²) in [5.74, 6) is -1.17. The second-order valence-electron chi connectivity index (χ2n) is 4.57. The zero-order valence-electron chi connectivity index (χ0n) is 10.9. The van der Waals surface area contributed by atoms with Crippen LogP contribution in [0.4, 0.5) is 0 Å². The lowest BCUT2D eigenvalue weighted by molar-refractivity contribution is 0.0694. The lowest BCUT2D eigenvalue weighted by Crippen LogP contribution is -2.26. The summed E-state index contributed by atoms with van der Waals surface area (Å²) in [6.07, 6.45) is 0. The van der Waals surface area contributed by atoms with Crippen molar-refractivity contribution < 1.29 is 9.90 Å². The van der Waals surface area contributed by atoms with Crippen LogP contribution in [0.3, 0.4) is 0 Å². The summed E-state index contributed by atoms with van der Waals surface area (Å²) in [6.45, 7) is 5.60. The zero-order chi connectivity index (χ0) is 13.6. The lowest BCUT2D eigenvalue weighted by atomic mass is 9.99. The predicted octanol–water partition coefficient (Wildman–Crippen LogP) is 2.16. The van der Waals surface area contributed by atoms with Crippen LogP contribution < -0.4 is 5.56 Å². The molecule has 18 heavy (non-hydrogen) atoms. The van der Waals surface area contributed by atoms with Crippen LogP contribution in [-0.4, -0.2) is 15.6 Å². The fraction of sp³-hybridized carbons (Fsp3) is 0.286. The van der Waals surface area contributed by atoms with Crippen LogP contribution in [0.1, 0.15) is 27.0 Å². The predicted molar refractivity (Wildman–Crippen MR) is 70.4 cm³/mol. The molecule has 0 unspecified atom stereocenters. The van der Waals surface area contributed by atoms with Gasteiger partial charge in [0.2, 0.25) is 0 Å². The van der Waals surface area contributed by atoms with E-state index in [1.54, 1.807) is 14.0 Å². The highest BCUT2D eigenvalue weighted by Crippen LogP contribution is 2.24. The minimum atomic E-state index is -1.17. The van der Waals surface area contributed by atoms with Gasteiger partial charge in [-0.15, -0.1) is 0 Å². The normalized spacial score (nSPS) is 10.9. The quantitative estimate of drug-likeness (QED) is 0.837. The van der Waals surface area contributed by atoms with Crippen LogP contribution >= 0.6 is 0 Å². The maximum Gasteiger partial charge on any atom is 0.341 e. The molecular weight excluding hydrogens is 230 g/mol. The van der Waals surface area contributed by atoms with Crippen molar-refractivity contribution in [3.05, 3.63) is 44.7 Å². The monoisotopic (exact) mass is 245 g/mol. The molecule has 0 bridgehead atoms. The van der Waals surface area contributed by atoms with Gasteiger partial charge in [-0.2, -0.15) is 0 Å². The van der Waals surface area contributed by atoms with Crippen LogP contribution in [0, 0.1) is 20.8 Å². The molecule has 1 heterocycles. The number of pyridine rings is 1. The Balaban J connectivity index is 3.13. The van der Waals surface area contributed by atoms with E-state index < -0.39 is 11.5 Å². The summed E-state index contributed by atoms with van der Waals surface area (Å²) in [7, 11) is 1.61. The number of nitrogens with zero attached hydrogens (tertiary/aromatic N) is 1. The lowest BCUT2D eigenvalue weighted by Gasteiger charge is -2.14. The largest absolute Gasteiger partial charge is 0.477 e. The smallest absolute Gasteiger partial charge is 0.341 e. The average molecular weight is 245 g/mol. The Morgan fingerprint density at radius 3 is 2.33 bits per heavy atom. The van der Waals surface area contributed by atoms with Crippen molar-refractivity contribution in [1.29, 1.82) is 0 Å². The third-order valence-corrected chi connectivity index (χ3v) is 3.55. The molecule has 0 saturated carbocycles. The van der Waals surface area contributed by atoms with Crippen LogP contribution in [0.15, 0.2) is 16.9 Å². The maximum absolute atomic E-state index is 12.1. The van der Waals surface area contributed by atoms with E-state index >= 15 is 0 Å². The van der Waals surface area contributed by atoms with E-state index in [2.05, 4.69) is 0 Å². The minimum Gasteiger partial charge on any atom is -0.477 e. The molecule has 2 rings (SSSR count). The van der Waals surface area contributed by atoms with Crippen molar-refractivity contribution in [3.8, 4) is 0 Å². The molecule has 0 atom stereocenters. The highest BCUT2D eigenvalue weighted by atomic mass is 16.4. The van der Waals surface area contributed by atoms with Gasteiger partial charge in [-0.05, 0) is 37.5 Å². The van der Waals surface area contributed by atoms with E-state index in [9.17, 15) is 9.59 Å². The average Bonchev–Trinajstić information content (AvgIpc) is 2.29. The number of carboxylic acid groups (broad SMARTS) is 1. The molecular formula is C14H15NO3. The third-order valence-electron chi connectivity index (χ3n) is 3.55.